The lowest BCUT2D eigenvalue weighted by Crippen LogP contribution is -2.22. The minimum absolute atomic E-state index is 0.0158. The molecular formula is C10H11F3N2O2. The Kier molecular flexibility index (Phi) is 3.30. The summed E-state index contributed by atoms with van der Waals surface area (Å²) in [5.41, 5.74) is 5.29. The molecular weight excluding hydrogens is 237 g/mol. The summed E-state index contributed by atoms with van der Waals surface area (Å²) in [4.78, 5) is 14.9. The summed E-state index contributed by atoms with van der Waals surface area (Å²) in [6.45, 7) is 4.21. The summed E-state index contributed by atoms with van der Waals surface area (Å²) in [5, 5.41) is 0. The number of aryl methyl sites for hydroxylation is 1. The third-order valence-corrected chi connectivity index (χ3v) is 2.31. The predicted molar refractivity (Wildman–Crippen MR) is 53.6 cm³/mol. The molecule has 0 spiro atoms. The molecule has 0 aliphatic carbocycles. The zero-order chi connectivity index (χ0) is 13.4. The molecule has 0 saturated heterocycles. The van der Waals surface area contributed by atoms with Gasteiger partial charge in [-0.3, -0.25) is 4.79 Å². The van der Waals surface area contributed by atoms with Crippen molar-refractivity contribution in [2.45, 2.75) is 27.1 Å². The van der Waals surface area contributed by atoms with Crippen molar-refractivity contribution in [1.29, 1.82) is 0 Å². The van der Waals surface area contributed by atoms with Crippen LogP contribution in [0.2, 0.25) is 0 Å². The third kappa shape index (κ3) is 2.86. The first-order valence-corrected chi connectivity index (χ1v) is 4.67. The first-order chi connectivity index (χ1) is 7.63. The molecule has 1 aromatic rings. The van der Waals surface area contributed by atoms with Gasteiger partial charge in [-0.2, -0.15) is 0 Å². The highest BCUT2D eigenvalue weighted by molar-refractivity contribution is 5.93. The summed E-state index contributed by atoms with van der Waals surface area (Å²) < 4.78 is 40.5. The number of nitrogens with two attached hydrogens (primary N) is 1. The third-order valence-electron chi connectivity index (χ3n) is 2.31. The van der Waals surface area contributed by atoms with Crippen LogP contribution in [0.3, 0.4) is 0 Å². The average molecular weight is 248 g/mol. The van der Waals surface area contributed by atoms with Gasteiger partial charge >= 0.3 is 6.36 Å². The fourth-order valence-electron chi connectivity index (χ4n) is 1.40. The number of hydrogen-bond donors (Lipinski definition) is 1. The Morgan fingerprint density at radius 3 is 2.18 bits per heavy atom. The topological polar surface area (TPSA) is 65.2 Å². The van der Waals surface area contributed by atoms with E-state index < -0.39 is 18.0 Å². The van der Waals surface area contributed by atoms with Crippen LogP contribution in [0, 0.1) is 20.8 Å². The number of rotatable bonds is 2. The molecule has 1 heterocycles. The molecule has 1 rings (SSSR count). The van der Waals surface area contributed by atoms with Crippen molar-refractivity contribution in [1.82, 2.24) is 4.98 Å². The van der Waals surface area contributed by atoms with Gasteiger partial charge in [0.2, 0.25) is 0 Å². The monoisotopic (exact) mass is 248 g/mol. The van der Waals surface area contributed by atoms with Crippen molar-refractivity contribution in [2.75, 3.05) is 0 Å². The minimum Gasteiger partial charge on any atom is -0.405 e. The molecule has 1 amide bonds. The SMILES string of the molecule is Cc1nc(C(N)=O)c(C)c(OC(F)(F)F)c1C. The molecule has 1 aromatic heterocycles. The van der Waals surface area contributed by atoms with E-state index in [-0.39, 0.29) is 22.5 Å². The lowest BCUT2D eigenvalue weighted by atomic mass is 10.1. The van der Waals surface area contributed by atoms with Gasteiger partial charge in [0, 0.05) is 16.8 Å². The van der Waals surface area contributed by atoms with Crippen LogP contribution in [0.1, 0.15) is 27.3 Å². The zero-order valence-corrected chi connectivity index (χ0v) is 9.47. The lowest BCUT2D eigenvalue weighted by molar-refractivity contribution is -0.275. The minimum atomic E-state index is -4.82. The Balaban J connectivity index is 3.42. The van der Waals surface area contributed by atoms with E-state index >= 15 is 0 Å². The van der Waals surface area contributed by atoms with Gasteiger partial charge in [-0.25, -0.2) is 4.98 Å². The van der Waals surface area contributed by atoms with Crippen molar-refractivity contribution in [2.24, 2.45) is 5.73 Å². The van der Waals surface area contributed by atoms with Crippen LogP contribution in [0.4, 0.5) is 13.2 Å². The maximum atomic E-state index is 12.2. The number of carbonyl (C=O) groups is 1. The highest BCUT2D eigenvalue weighted by Gasteiger charge is 2.33. The molecule has 94 valence electrons. The van der Waals surface area contributed by atoms with E-state index in [1.54, 1.807) is 0 Å². The van der Waals surface area contributed by atoms with Gasteiger partial charge in [0.25, 0.3) is 5.91 Å². The lowest BCUT2D eigenvalue weighted by Gasteiger charge is -2.16. The molecule has 7 heteroatoms. The second-order valence-electron chi connectivity index (χ2n) is 3.54. The maximum Gasteiger partial charge on any atom is 0.573 e. The number of amides is 1. The van der Waals surface area contributed by atoms with Crippen LogP contribution in [0.25, 0.3) is 0 Å². The van der Waals surface area contributed by atoms with Gasteiger partial charge in [-0.1, -0.05) is 0 Å². The van der Waals surface area contributed by atoms with Crippen LogP contribution < -0.4 is 10.5 Å². The van der Waals surface area contributed by atoms with Crippen molar-refractivity contribution in [3.05, 3.63) is 22.5 Å². The molecule has 2 N–H and O–H groups in total. The molecule has 0 aliphatic rings. The van der Waals surface area contributed by atoms with Crippen LogP contribution in [0.15, 0.2) is 0 Å². The molecule has 0 aliphatic heterocycles. The van der Waals surface area contributed by atoms with Gasteiger partial charge in [-0.05, 0) is 20.8 Å². The van der Waals surface area contributed by atoms with Crippen molar-refractivity contribution in [3.8, 4) is 5.75 Å². The molecule has 0 aromatic carbocycles. The summed E-state index contributed by atoms with van der Waals surface area (Å²) in [6, 6.07) is 0. The Morgan fingerprint density at radius 2 is 1.76 bits per heavy atom. The van der Waals surface area contributed by atoms with E-state index in [2.05, 4.69) is 9.72 Å². The average Bonchev–Trinajstić information content (AvgIpc) is 2.16. The number of hydrogen-bond acceptors (Lipinski definition) is 3. The second kappa shape index (κ2) is 4.23. The molecule has 0 saturated carbocycles. The molecule has 0 atom stereocenters. The van der Waals surface area contributed by atoms with Crippen LogP contribution in [-0.4, -0.2) is 17.3 Å². The number of carbonyl (C=O) groups excluding carboxylic acids is 1. The molecule has 0 bridgehead atoms. The van der Waals surface area contributed by atoms with E-state index in [1.807, 2.05) is 0 Å². The van der Waals surface area contributed by atoms with E-state index in [1.165, 1.54) is 20.8 Å². The van der Waals surface area contributed by atoms with Crippen molar-refractivity contribution >= 4 is 5.91 Å². The highest BCUT2D eigenvalue weighted by atomic mass is 19.4. The van der Waals surface area contributed by atoms with E-state index in [9.17, 15) is 18.0 Å². The summed E-state index contributed by atoms with van der Waals surface area (Å²) in [6.07, 6.45) is -4.82. The number of halogens is 3. The second-order valence-corrected chi connectivity index (χ2v) is 3.54. The molecule has 0 unspecified atom stereocenters. The van der Waals surface area contributed by atoms with Gasteiger partial charge in [0.05, 0.1) is 0 Å². The summed E-state index contributed by atoms with van der Waals surface area (Å²) in [5.74, 6) is -1.31. The van der Waals surface area contributed by atoms with E-state index in [0.717, 1.165) is 0 Å². The van der Waals surface area contributed by atoms with Gasteiger partial charge in [0.1, 0.15) is 11.4 Å². The first-order valence-electron chi connectivity index (χ1n) is 4.67. The van der Waals surface area contributed by atoms with Crippen LogP contribution >= 0.6 is 0 Å². The van der Waals surface area contributed by atoms with E-state index in [0.29, 0.717) is 0 Å². The predicted octanol–water partition coefficient (Wildman–Crippen LogP) is 2.00. The normalized spacial score (nSPS) is 11.4. The smallest absolute Gasteiger partial charge is 0.405 e. The highest BCUT2D eigenvalue weighted by Crippen LogP contribution is 2.31. The Bertz CT molecular complexity index is 470. The molecule has 0 fully saturated rings. The Hall–Kier alpha value is -1.79. The fraction of sp³-hybridized carbons (Fsp3) is 0.400. The maximum absolute atomic E-state index is 12.2. The molecule has 0 radical (unpaired) electrons. The van der Waals surface area contributed by atoms with Crippen molar-refractivity contribution in [3.63, 3.8) is 0 Å². The number of aromatic nitrogens is 1. The fourth-order valence-corrected chi connectivity index (χ4v) is 1.40. The summed E-state index contributed by atoms with van der Waals surface area (Å²) in [7, 11) is 0. The van der Waals surface area contributed by atoms with Gasteiger partial charge in [0.15, 0.2) is 0 Å². The zero-order valence-electron chi connectivity index (χ0n) is 9.47. The molecule has 4 nitrogen and oxygen atoms in total. The Morgan fingerprint density at radius 1 is 1.24 bits per heavy atom. The quantitative estimate of drug-likeness (QED) is 0.870. The number of alkyl halides is 3. The largest absolute Gasteiger partial charge is 0.573 e. The standard InChI is InChI=1S/C10H11F3N2O2/c1-4-6(3)15-7(9(14)16)5(2)8(4)17-10(11,12)13/h1-3H3,(H2,14,16). The molecule has 17 heavy (non-hydrogen) atoms. The van der Waals surface area contributed by atoms with Crippen molar-refractivity contribution < 1.29 is 22.7 Å². The first kappa shape index (κ1) is 13.3. The van der Waals surface area contributed by atoms with Crippen LogP contribution in [0.5, 0.6) is 5.75 Å². The van der Waals surface area contributed by atoms with Gasteiger partial charge in [-0.15, -0.1) is 13.2 Å². The number of ether oxygens (including phenoxy) is 1. The van der Waals surface area contributed by atoms with E-state index in [4.69, 9.17) is 5.73 Å². The van der Waals surface area contributed by atoms with Crippen LogP contribution in [-0.2, 0) is 0 Å². The Labute approximate surface area is 95.6 Å². The van der Waals surface area contributed by atoms with Gasteiger partial charge < -0.3 is 10.5 Å². The summed E-state index contributed by atoms with van der Waals surface area (Å²) >= 11 is 0. The number of nitrogens with zero attached hydrogens (tertiary/aromatic N) is 1. The number of pyridine rings is 1. The number of primary amides is 1.